The zero-order valence-electron chi connectivity index (χ0n) is 14.0. The molecule has 2 fully saturated rings. The van der Waals surface area contributed by atoms with E-state index >= 15 is 0 Å². The molecule has 0 radical (unpaired) electrons. The second kappa shape index (κ2) is 5.70. The largest absolute Gasteiger partial charge is 0.377 e. The molecule has 6 nitrogen and oxygen atoms in total. The summed E-state index contributed by atoms with van der Waals surface area (Å²) in [4.78, 5) is 21.0. The first-order valence-corrected chi connectivity index (χ1v) is 8.44. The fourth-order valence-electron chi connectivity index (χ4n) is 4.15. The molecule has 0 aromatic carbocycles. The van der Waals surface area contributed by atoms with Crippen molar-refractivity contribution >= 4 is 5.91 Å². The van der Waals surface area contributed by atoms with Gasteiger partial charge in [-0.15, -0.1) is 0 Å². The molecule has 126 valence electrons. The number of carbonyl (C=O) groups excluding carboxylic acids is 1. The van der Waals surface area contributed by atoms with Crippen LogP contribution in [0.1, 0.15) is 37.2 Å². The van der Waals surface area contributed by atoms with Gasteiger partial charge in [-0.25, -0.2) is 4.98 Å². The second-order valence-corrected chi connectivity index (χ2v) is 7.24. The Morgan fingerprint density at radius 1 is 1.42 bits per heavy atom. The van der Waals surface area contributed by atoms with Crippen LogP contribution in [0.2, 0.25) is 0 Å². The summed E-state index contributed by atoms with van der Waals surface area (Å²) >= 11 is 0. The smallest absolute Gasteiger partial charge is 0.270 e. The van der Waals surface area contributed by atoms with E-state index in [4.69, 9.17) is 4.74 Å². The molecule has 0 bridgehead atoms. The van der Waals surface area contributed by atoms with Gasteiger partial charge < -0.3 is 14.6 Å². The summed E-state index contributed by atoms with van der Waals surface area (Å²) in [5.74, 6) is 0.286. The molecule has 1 N–H and O–H groups in total. The lowest BCUT2D eigenvalue weighted by Crippen LogP contribution is -2.70. The third kappa shape index (κ3) is 2.41. The first-order valence-electron chi connectivity index (χ1n) is 8.44. The fraction of sp³-hybridized carbons (Fsp3) is 0.500. The van der Waals surface area contributed by atoms with Gasteiger partial charge in [-0.3, -0.25) is 9.78 Å². The highest BCUT2D eigenvalue weighted by atomic mass is 16.5. The summed E-state index contributed by atoms with van der Waals surface area (Å²) in [6, 6.07) is 3.78. The quantitative estimate of drug-likeness (QED) is 0.939. The molecule has 24 heavy (non-hydrogen) atoms. The van der Waals surface area contributed by atoms with Gasteiger partial charge >= 0.3 is 0 Å². The van der Waals surface area contributed by atoms with Gasteiger partial charge in [-0.1, -0.05) is 13.8 Å². The summed E-state index contributed by atoms with van der Waals surface area (Å²) < 4.78 is 7.76. The number of hydrogen-bond donors (Lipinski definition) is 1. The van der Waals surface area contributed by atoms with Gasteiger partial charge in [0.25, 0.3) is 5.91 Å². The van der Waals surface area contributed by atoms with E-state index in [9.17, 15) is 4.79 Å². The minimum absolute atomic E-state index is 0.0390. The monoisotopic (exact) mass is 326 g/mol. The predicted octanol–water partition coefficient (Wildman–Crippen LogP) is 2.20. The number of rotatable bonds is 3. The minimum Gasteiger partial charge on any atom is -0.377 e. The lowest BCUT2D eigenvalue weighted by molar-refractivity contribution is -0.189. The third-order valence-electron chi connectivity index (χ3n) is 5.40. The molecule has 1 saturated heterocycles. The zero-order valence-corrected chi connectivity index (χ0v) is 14.0. The average molecular weight is 326 g/mol. The maximum absolute atomic E-state index is 12.7. The van der Waals surface area contributed by atoms with Crippen molar-refractivity contribution in [2.24, 2.45) is 11.3 Å². The van der Waals surface area contributed by atoms with Gasteiger partial charge in [0.05, 0.1) is 18.1 Å². The summed E-state index contributed by atoms with van der Waals surface area (Å²) in [6.45, 7) is 5.17. The highest BCUT2D eigenvalue weighted by Gasteiger charge is 2.58. The van der Waals surface area contributed by atoms with Crippen LogP contribution in [0, 0.1) is 11.3 Å². The molecule has 2 aliphatic rings. The normalized spacial score (nSPS) is 27.8. The van der Waals surface area contributed by atoms with Crippen molar-refractivity contribution in [3.63, 3.8) is 0 Å². The van der Waals surface area contributed by atoms with Crippen LogP contribution in [0.4, 0.5) is 0 Å². The van der Waals surface area contributed by atoms with Gasteiger partial charge in [-0.05, 0) is 25.0 Å². The molecule has 1 saturated carbocycles. The van der Waals surface area contributed by atoms with Crippen LogP contribution in [-0.2, 0) is 4.74 Å². The maximum Gasteiger partial charge on any atom is 0.270 e. The Hall–Kier alpha value is -2.21. The standard InChI is InChI=1S/C18H22N4O2/c1-18(2)15(13-4-3-9-24-16(13)18)21-17(23)14-10-12(5-6-20-14)22-8-7-19-11-22/h5-8,10-11,13,15-16H,3-4,9H2,1-2H3,(H,21,23). The molecule has 3 heterocycles. The fourth-order valence-corrected chi connectivity index (χ4v) is 4.15. The molecular formula is C18H22N4O2. The van der Waals surface area contributed by atoms with Crippen molar-refractivity contribution in [1.82, 2.24) is 19.9 Å². The number of amides is 1. The Kier molecular flexibility index (Phi) is 3.64. The number of carbonyl (C=O) groups is 1. The van der Waals surface area contributed by atoms with Crippen LogP contribution in [0.15, 0.2) is 37.1 Å². The van der Waals surface area contributed by atoms with E-state index in [1.54, 1.807) is 24.8 Å². The number of nitrogens with one attached hydrogen (secondary N) is 1. The van der Waals surface area contributed by atoms with Crippen LogP contribution in [0.3, 0.4) is 0 Å². The van der Waals surface area contributed by atoms with E-state index in [0.29, 0.717) is 11.6 Å². The molecular weight excluding hydrogens is 304 g/mol. The minimum atomic E-state index is -0.126. The molecule has 1 amide bonds. The van der Waals surface area contributed by atoms with E-state index in [1.165, 1.54) is 0 Å². The Balaban J connectivity index is 1.51. The van der Waals surface area contributed by atoms with Crippen LogP contribution in [0.5, 0.6) is 0 Å². The lowest BCUT2D eigenvalue weighted by atomic mass is 9.55. The Labute approximate surface area is 141 Å². The summed E-state index contributed by atoms with van der Waals surface area (Å²) in [7, 11) is 0. The van der Waals surface area contributed by atoms with Crippen molar-refractivity contribution in [1.29, 1.82) is 0 Å². The Morgan fingerprint density at radius 3 is 3.08 bits per heavy atom. The Bertz CT molecular complexity index is 741. The van der Waals surface area contributed by atoms with Crippen LogP contribution < -0.4 is 5.32 Å². The maximum atomic E-state index is 12.7. The number of aromatic nitrogens is 3. The molecule has 6 heteroatoms. The number of fused-ring (bicyclic) bond motifs is 1. The molecule has 1 aliphatic heterocycles. The van der Waals surface area contributed by atoms with E-state index < -0.39 is 0 Å². The van der Waals surface area contributed by atoms with Gasteiger partial charge in [0.15, 0.2) is 0 Å². The highest BCUT2D eigenvalue weighted by molar-refractivity contribution is 5.93. The van der Waals surface area contributed by atoms with Crippen LogP contribution in [0.25, 0.3) is 5.69 Å². The van der Waals surface area contributed by atoms with Crippen LogP contribution in [-0.4, -0.2) is 39.2 Å². The van der Waals surface area contributed by atoms with Crippen LogP contribution >= 0.6 is 0 Å². The summed E-state index contributed by atoms with van der Waals surface area (Å²) in [5, 5.41) is 3.19. The van der Waals surface area contributed by atoms with Gasteiger partial charge in [0.1, 0.15) is 5.69 Å². The summed E-state index contributed by atoms with van der Waals surface area (Å²) in [5.41, 5.74) is 1.26. The molecule has 1 aliphatic carbocycles. The van der Waals surface area contributed by atoms with Crippen molar-refractivity contribution in [2.45, 2.75) is 38.8 Å². The van der Waals surface area contributed by atoms with Gasteiger partial charge in [0.2, 0.25) is 0 Å². The molecule has 2 aromatic heterocycles. The second-order valence-electron chi connectivity index (χ2n) is 7.24. The van der Waals surface area contributed by atoms with Crippen molar-refractivity contribution in [3.05, 3.63) is 42.7 Å². The van der Waals surface area contributed by atoms with E-state index in [1.807, 2.05) is 16.8 Å². The van der Waals surface area contributed by atoms with Crippen molar-refractivity contribution in [2.75, 3.05) is 6.61 Å². The predicted molar refractivity (Wildman–Crippen MR) is 88.9 cm³/mol. The molecule has 3 atom stereocenters. The Morgan fingerprint density at radius 2 is 2.29 bits per heavy atom. The number of pyridine rings is 1. The van der Waals surface area contributed by atoms with E-state index in [-0.39, 0.29) is 23.5 Å². The first kappa shape index (κ1) is 15.3. The first-order chi connectivity index (χ1) is 11.6. The average Bonchev–Trinajstić information content (AvgIpc) is 3.14. The number of nitrogens with zero attached hydrogens (tertiary/aromatic N) is 3. The number of imidazole rings is 1. The molecule has 4 rings (SSSR count). The van der Waals surface area contributed by atoms with E-state index in [2.05, 4.69) is 29.1 Å². The van der Waals surface area contributed by atoms with Crippen molar-refractivity contribution < 1.29 is 9.53 Å². The molecule has 3 unspecified atom stereocenters. The summed E-state index contributed by atoms with van der Waals surface area (Å²) in [6.07, 6.45) is 9.34. The highest BCUT2D eigenvalue weighted by Crippen LogP contribution is 2.51. The lowest BCUT2D eigenvalue weighted by Gasteiger charge is -2.59. The molecule has 0 spiro atoms. The third-order valence-corrected chi connectivity index (χ3v) is 5.40. The topological polar surface area (TPSA) is 69.0 Å². The molecule has 2 aromatic rings. The number of ether oxygens (including phenoxy) is 1. The SMILES string of the molecule is CC1(C)C(NC(=O)c2cc(-n3ccnc3)ccn2)C2CCCOC21. The van der Waals surface area contributed by atoms with Gasteiger partial charge in [0, 0.05) is 42.6 Å². The zero-order chi connectivity index (χ0) is 16.7. The number of hydrogen-bond acceptors (Lipinski definition) is 4. The van der Waals surface area contributed by atoms with E-state index in [0.717, 1.165) is 25.1 Å². The van der Waals surface area contributed by atoms with Crippen molar-refractivity contribution in [3.8, 4) is 5.69 Å². The van der Waals surface area contributed by atoms with Gasteiger partial charge in [-0.2, -0.15) is 0 Å².